The van der Waals surface area contributed by atoms with Crippen molar-refractivity contribution in [3.63, 3.8) is 0 Å². The monoisotopic (exact) mass is 369 g/mol. The predicted octanol–water partition coefficient (Wildman–Crippen LogP) is 2.28. The van der Waals surface area contributed by atoms with Crippen LogP contribution >= 0.6 is 12.4 Å². The minimum absolute atomic E-state index is 0. The van der Waals surface area contributed by atoms with Gasteiger partial charge in [-0.25, -0.2) is 4.39 Å². The Balaban J connectivity index is 0.00000225. The van der Waals surface area contributed by atoms with Gasteiger partial charge in [0.25, 0.3) is 0 Å². The molecule has 2 N–H and O–H groups in total. The Labute approximate surface area is 153 Å². The van der Waals surface area contributed by atoms with Gasteiger partial charge in [-0.15, -0.1) is 12.4 Å². The molecule has 0 radical (unpaired) electrons. The molecule has 0 spiro atoms. The summed E-state index contributed by atoms with van der Waals surface area (Å²) in [4.78, 5) is 26.7. The second-order valence-corrected chi connectivity index (χ2v) is 6.80. The van der Waals surface area contributed by atoms with Crippen molar-refractivity contribution in [2.45, 2.75) is 19.8 Å². The van der Waals surface area contributed by atoms with Crippen LogP contribution in [0.25, 0.3) is 0 Å². The number of carbonyl (C=O) groups excluding carboxylic acids is 2. The number of amides is 2. The van der Waals surface area contributed by atoms with Crippen LogP contribution in [0.3, 0.4) is 0 Å². The van der Waals surface area contributed by atoms with Crippen LogP contribution < -0.4 is 10.6 Å². The van der Waals surface area contributed by atoms with Gasteiger partial charge < -0.3 is 15.5 Å². The highest BCUT2D eigenvalue weighted by molar-refractivity contribution is 5.92. The molecule has 0 aliphatic carbocycles. The number of hydrogen-bond donors (Lipinski definition) is 2. The molecule has 1 unspecified atom stereocenters. The molecule has 0 bridgehead atoms. The molecule has 25 heavy (non-hydrogen) atoms. The summed E-state index contributed by atoms with van der Waals surface area (Å²) in [5.74, 6) is 0.229. The average Bonchev–Trinajstić information content (AvgIpc) is 2.55. The first-order chi connectivity index (χ1) is 11.5. The Hall–Kier alpha value is -1.66. The van der Waals surface area contributed by atoms with E-state index in [1.54, 1.807) is 12.1 Å². The van der Waals surface area contributed by atoms with Crippen molar-refractivity contribution >= 4 is 29.9 Å². The molecule has 0 saturated carbocycles. The Kier molecular flexibility index (Phi) is 6.79. The molecule has 1 aromatic rings. The van der Waals surface area contributed by atoms with E-state index in [2.05, 4.69) is 10.6 Å². The van der Waals surface area contributed by atoms with Crippen molar-refractivity contribution in [3.05, 3.63) is 30.1 Å². The number of benzene rings is 1. The van der Waals surface area contributed by atoms with Crippen LogP contribution in [0.4, 0.5) is 10.1 Å². The molecule has 5 nitrogen and oxygen atoms in total. The van der Waals surface area contributed by atoms with Crippen molar-refractivity contribution in [2.75, 3.05) is 31.5 Å². The number of likely N-dealkylation sites (tertiary alicyclic amines) is 1. The van der Waals surface area contributed by atoms with E-state index >= 15 is 0 Å². The lowest BCUT2D eigenvalue weighted by molar-refractivity contribution is -0.140. The molecular weight excluding hydrogens is 345 g/mol. The van der Waals surface area contributed by atoms with Crippen molar-refractivity contribution in [2.24, 2.45) is 17.8 Å². The van der Waals surface area contributed by atoms with E-state index in [0.717, 1.165) is 13.1 Å². The molecule has 3 rings (SSSR count). The average molecular weight is 370 g/mol. The van der Waals surface area contributed by atoms with Crippen molar-refractivity contribution in [1.82, 2.24) is 10.2 Å². The molecule has 2 aliphatic rings. The molecule has 1 atom stereocenters. The van der Waals surface area contributed by atoms with Crippen LogP contribution in [0.1, 0.15) is 19.8 Å². The van der Waals surface area contributed by atoms with E-state index in [0.29, 0.717) is 37.5 Å². The molecule has 2 amide bonds. The number of nitrogens with one attached hydrogen (secondary N) is 2. The van der Waals surface area contributed by atoms with E-state index in [1.165, 1.54) is 12.1 Å². The molecular formula is C18H25ClFN3O2. The zero-order valence-electron chi connectivity index (χ0n) is 14.3. The van der Waals surface area contributed by atoms with Crippen molar-refractivity contribution in [1.29, 1.82) is 0 Å². The highest BCUT2D eigenvalue weighted by Crippen LogP contribution is 2.24. The van der Waals surface area contributed by atoms with Gasteiger partial charge in [-0.1, -0.05) is 6.92 Å². The second-order valence-electron chi connectivity index (χ2n) is 6.80. The van der Waals surface area contributed by atoms with Crippen molar-refractivity contribution in [3.8, 4) is 0 Å². The molecule has 2 saturated heterocycles. The highest BCUT2D eigenvalue weighted by atomic mass is 35.5. The van der Waals surface area contributed by atoms with E-state index < -0.39 is 0 Å². The predicted molar refractivity (Wildman–Crippen MR) is 97.1 cm³/mol. The molecule has 2 fully saturated rings. The highest BCUT2D eigenvalue weighted by Gasteiger charge is 2.34. The zero-order chi connectivity index (χ0) is 17.1. The Bertz CT molecular complexity index is 599. The number of nitrogens with zero attached hydrogens (tertiary/aromatic N) is 1. The van der Waals surface area contributed by atoms with Crippen LogP contribution in [-0.4, -0.2) is 42.9 Å². The zero-order valence-corrected chi connectivity index (χ0v) is 15.2. The first-order valence-corrected chi connectivity index (χ1v) is 8.60. The van der Waals surface area contributed by atoms with Crippen LogP contribution in [-0.2, 0) is 9.59 Å². The van der Waals surface area contributed by atoms with Gasteiger partial charge in [-0.3, -0.25) is 9.59 Å². The molecule has 138 valence electrons. The van der Waals surface area contributed by atoms with E-state index in [-0.39, 0.29) is 41.9 Å². The summed E-state index contributed by atoms with van der Waals surface area (Å²) in [5.41, 5.74) is 0.603. The fourth-order valence-corrected chi connectivity index (χ4v) is 3.29. The summed E-state index contributed by atoms with van der Waals surface area (Å²) in [6, 6.07) is 5.77. The minimum Gasteiger partial charge on any atom is -0.342 e. The van der Waals surface area contributed by atoms with E-state index in [1.807, 2.05) is 11.8 Å². The summed E-state index contributed by atoms with van der Waals surface area (Å²) < 4.78 is 12.9. The van der Waals surface area contributed by atoms with Gasteiger partial charge in [-0.2, -0.15) is 0 Å². The summed E-state index contributed by atoms with van der Waals surface area (Å²) in [6.45, 7) is 5.10. The van der Waals surface area contributed by atoms with Gasteiger partial charge in [0.2, 0.25) is 11.8 Å². The second kappa shape index (κ2) is 8.63. The third-order valence-corrected chi connectivity index (χ3v) is 5.20. The van der Waals surface area contributed by atoms with Crippen LogP contribution in [0.2, 0.25) is 0 Å². The normalized spacial score (nSPS) is 19.5. The maximum absolute atomic E-state index is 12.9. The fourth-order valence-electron chi connectivity index (χ4n) is 3.29. The number of carbonyl (C=O) groups is 2. The van der Waals surface area contributed by atoms with Gasteiger partial charge in [-0.05, 0) is 56.1 Å². The number of piperidine rings is 1. The van der Waals surface area contributed by atoms with Crippen LogP contribution in [0, 0.1) is 23.6 Å². The third-order valence-electron chi connectivity index (χ3n) is 5.20. The van der Waals surface area contributed by atoms with Crippen LogP contribution in [0.5, 0.6) is 0 Å². The summed E-state index contributed by atoms with van der Waals surface area (Å²) in [5, 5.41) is 6.03. The summed E-state index contributed by atoms with van der Waals surface area (Å²) in [7, 11) is 0. The third kappa shape index (κ3) is 4.70. The smallest absolute Gasteiger partial charge is 0.227 e. The fraction of sp³-hybridized carbons (Fsp3) is 0.556. The maximum Gasteiger partial charge on any atom is 0.227 e. The lowest BCUT2D eigenvalue weighted by Crippen LogP contribution is -2.52. The van der Waals surface area contributed by atoms with E-state index in [4.69, 9.17) is 0 Å². The first-order valence-electron chi connectivity index (χ1n) is 8.60. The number of hydrogen-bond acceptors (Lipinski definition) is 3. The standard InChI is InChI=1S/C18H24FN3O2.ClH/c1-12(14-10-20-11-14)18(24)22-8-6-13(7-9-22)17(23)21-16-4-2-15(19)3-5-16;/h2-5,12-14,20H,6-11H2,1H3,(H,21,23);1H. The van der Waals surface area contributed by atoms with Crippen LogP contribution in [0.15, 0.2) is 24.3 Å². The Morgan fingerprint density at radius 1 is 1.20 bits per heavy atom. The van der Waals surface area contributed by atoms with Gasteiger partial charge in [0.1, 0.15) is 5.82 Å². The summed E-state index contributed by atoms with van der Waals surface area (Å²) >= 11 is 0. The molecule has 7 heteroatoms. The molecule has 2 heterocycles. The van der Waals surface area contributed by atoms with Crippen molar-refractivity contribution < 1.29 is 14.0 Å². The molecule has 2 aliphatic heterocycles. The van der Waals surface area contributed by atoms with Gasteiger partial charge in [0.05, 0.1) is 0 Å². The molecule has 0 aromatic heterocycles. The Morgan fingerprint density at radius 2 is 1.80 bits per heavy atom. The largest absolute Gasteiger partial charge is 0.342 e. The molecule has 1 aromatic carbocycles. The lowest BCUT2D eigenvalue weighted by atomic mass is 9.87. The van der Waals surface area contributed by atoms with Gasteiger partial charge in [0, 0.05) is 30.6 Å². The minimum atomic E-state index is -0.324. The first kappa shape index (κ1) is 19.7. The SMILES string of the molecule is CC(C(=O)N1CCC(C(=O)Nc2ccc(F)cc2)CC1)C1CNC1.Cl. The van der Waals surface area contributed by atoms with Gasteiger partial charge >= 0.3 is 0 Å². The maximum atomic E-state index is 12.9. The number of anilines is 1. The summed E-state index contributed by atoms with van der Waals surface area (Å²) in [6.07, 6.45) is 1.35. The Morgan fingerprint density at radius 3 is 2.32 bits per heavy atom. The number of rotatable bonds is 4. The number of halogens is 2. The van der Waals surface area contributed by atoms with E-state index in [9.17, 15) is 14.0 Å². The lowest BCUT2D eigenvalue weighted by Gasteiger charge is -2.37. The topological polar surface area (TPSA) is 61.4 Å². The quantitative estimate of drug-likeness (QED) is 0.856. The van der Waals surface area contributed by atoms with Gasteiger partial charge in [0.15, 0.2) is 0 Å².